The number of hydrogen-bond acceptors (Lipinski definition) is 4. The minimum Gasteiger partial charge on any atom is -0.460 e. The molecule has 0 amide bonds. The smallest absolute Gasteiger partial charge is 0.419 e. The van der Waals surface area contributed by atoms with Crippen LogP contribution < -0.4 is 0 Å². The summed E-state index contributed by atoms with van der Waals surface area (Å²) in [6.45, 7) is 12.9. The molecule has 0 atom stereocenters. The number of esters is 1. The van der Waals surface area contributed by atoms with Crippen molar-refractivity contribution in [3.63, 3.8) is 0 Å². The molecule has 6 heteroatoms. The van der Waals surface area contributed by atoms with E-state index in [1.54, 1.807) is 6.20 Å². The van der Waals surface area contributed by atoms with Gasteiger partial charge in [0.25, 0.3) is 0 Å². The van der Waals surface area contributed by atoms with Crippen LogP contribution in [0.15, 0.2) is 22.8 Å². The van der Waals surface area contributed by atoms with Crippen molar-refractivity contribution in [2.24, 2.45) is 0 Å². The largest absolute Gasteiger partial charge is 0.460 e. The molecule has 0 aliphatic rings. The van der Waals surface area contributed by atoms with Crippen molar-refractivity contribution in [3.05, 3.63) is 33.9 Å². The van der Waals surface area contributed by atoms with Gasteiger partial charge < -0.3 is 9.47 Å². The molecule has 0 radical (unpaired) electrons. The second-order valence-corrected chi connectivity index (χ2v) is 9.30. The van der Waals surface area contributed by atoms with Crippen LogP contribution >= 0.6 is 15.9 Å². The van der Waals surface area contributed by atoms with Crippen LogP contribution in [0, 0.1) is 6.92 Å². The highest BCUT2D eigenvalue weighted by molar-refractivity contribution is 9.10. The van der Waals surface area contributed by atoms with E-state index < -0.39 is 17.3 Å². The highest BCUT2D eigenvalue weighted by Gasteiger charge is 2.24. The lowest BCUT2D eigenvalue weighted by atomic mass is 10.1. The molecule has 0 bridgehead atoms. The van der Waals surface area contributed by atoms with Crippen molar-refractivity contribution in [2.75, 3.05) is 0 Å². The molecule has 2 rings (SSSR count). The molecule has 1 aromatic heterocycles. The summed E-state index contributed by atoms with van der Waals surface area (Å²) < 4.78 is 13.3. The first-order valence-electron chi connectivity index (χ1n) is 8.52. The molecule has 0 aliphatic heterocycles. The minimum absolute atomic E-state index is 0.0828. The summed E-state index contributed by atoms with van der Waals surface area (Å²) >= 11 is 3.49. The van der Waals surface area contributed by atoms with Gasteiger partial charge >= 0.3 is 12.1 Å². The van der Waals surface area contributed by atoms with Crippen LogP contribution in [0.1, 0.15) is 52.7 Å². The first-order chi connectivity index (χ1) is 11.8. The zero-order valence-electron chi connectivity index (χ0n) is 16.4. The van der Waals surface area contributed by atoms with Gasteiger partial charge in [0, 0.05) is 16.1 Å². The monoisotopic (exact) mass is 423 g/mol. The molecule has 1 heterocycles. The fourth-order valence-corrected chi connectivity index (χ4v) is 3.29. The Morgan fingerprint density at radius 1 is 1.04 bits per heavy atom. The maximum Gasteiger partial charge on any atom is 0.419 e. The summed E-state index contributed by atoms with van der Waals surface area (Å²) in [7, 11) is 0. The summed E-state index contributed by atoms with van der Waals surface area (Å²) in [5.74, 6) is -0.335. The Hall–Kier alpha value is -1.82. The summed E-state index contributed by atoms with van der Waals surface area (Å²) in [6, 6.07) is 3.84. The van der Waals surface area contributed by atoms with E-state index in [0.717, 1.165) is 26.5 Å². The topological polar surface area (TPSA) is 57.5 Å². The quantitative estimate of drug-likeness (QED) is 0.608. The first kappa shape index (κ1) is 20.5. The van der Waals surface area contributed by atoms with Crippen LogP contribution in [0.25, 0.3) is 10.9 Å². The summed E-state index contributed by atoms with van der Waals surface area (Å²) in [6.07, 6.45) is 1.28. The van der Waals surface area contributed by atoms with Crippen LogP contribution in [-0.2, 0) is 20.7 Å². The fourth-order valence-electron chi connectivity index (χ4n) is 2.72. The van der Waals surface area contributed by atoms with Crippen LogP contribution in [-0.4, -0.2) is 27.8 Å². The second kappa shape index (κ2) is 7.06. The van der Waals surface area contributed by atoms with Gasteiger partial charge in [-0.1, -0.05) is 15.9 Å². The summed E-state index contributed by atoms with van der Waals surface area (Å²) in [5, 5.41) is 0.827. The van der Waals surface area contributed by atoms with Crippen LogP contribution in [0.3, 0.4) is 0 Å². The summed E-state index contributed by atoms with van der Waals surface area (Å²) in [4.78, 5) is 24.9. The van der Waals surface area contributed by atoms with E-state index in [-0.39, 0.29) is 12.4 Å². The minimum atomic E-state index is -0.609. The number of carbonyl (C=O) groups excluding carboxylic acids is 2. The third-order valence-electron chi connectivity index (χ3n) is 3.48. The van der Waals surface area contributed by atoms with Gasteiger partial charge in [0.1, 0.15) is 11.2 Å². The van der Waals surface area contributed by atoms with Crippen LogP contribution in [0.4, 0.5) is 4.79 Å². The molecule has 2 aromatic rings. The van der Waals surface area contributed by atoms with Gasteiger partial charge in [0.15, 0.2) is 0 Å². The maximum atomic E-state index is 12.7. The number of benzene rings is 1. The van der Waals surface area contributed by atoms with Crippen LogP contribution in [0.2, 0.25) is 0 Å². The van der Waals surface area contributed by atoms with E-state index in [4.69, 9.17) is 9.47 Å². The van der Waals surface area contributed by atoms with Gasteiger partial charge in [-0.3, -0.25) is 9.36 Å². The zero-order chi connectivity index (χ0) is 19.9. The van der Waals surface area contributed by atoms with Crippen molar-refractivity contribution in [1.29, 1.82) is 0 Å². The lowest BCUT2D eigenvalue weighted by Gasteiger charge is -2.20. The number of halogens is 1. The number of hydrogen-bond donors (Lipinski definition) is 0. The van der Waals surface area contributed by atoms with Crippen molar-refractivity contribution >= 4 is 38.9 Å². The van der Waals surface area contributed by atoms with E-state index in [0.29, 0.717) is 0 Å². The highest BCUT2D eigenvalue weighted by atomic mass is 79.9. The summed E-state index contributed by atoms with van der Waals surface area (Å²) in [5.41, 5.74) is 1.21. The molecule has 5 nitrogen and oxygen atoms in total. The van der Waals surface area contributed by atoms with Crippen molar-refractivity contribution in [1.82, 2.24) is 4.57 Å². The van der Waals surface area contributed by atoms with Gasteiger partial charge in [-0.15, -0.1) is 0 Å². The Labute approximate surface area is 162 Å². The molecule has 1 aromatic carbocycles. The Morgan fingerprint density at radius 2 is 1.62 bits per heavy atom. The van der Waals surface area contributed by atoms with E-state index in [2.05, 4.69) is 15.9 Å². The van der Waals surface area contributed by atoms with Crippen molar-refractivity contribution in [2.45, 2.75) is 66.1 Å². The third-order valence-corrected chi connectivity index (χ3v) is 3.94. The average Bonchev–Trinajstić information content (AvgIpc) is 2.73. The van der Waals surface area contributed by atoms with Gasteiger partial charge in [-0.05, 0) is 71.7 Å². The molecule has 0 aliphatic carbocycles. The molecule has 142 valence electrons. The Morgan fingerprint density at radius 3 is 2.15 bits per heavy atom. The number of aromatic nitrogens is 1. The number of carbonyl (C=O) groups is 2. The Balaban J connectivity index is 2.51. The SMILES string of the molecule is Cc1cc(Br)cc2c(CC(=O)OC(C)(C)C)cn(C(=O)OC(C)(C)C)c12. The predicted molar refractivity (Wildman–Crippen MR) is 106 cm³/mol. The Kier molecular flexibility index (Phi) is 5.57. The number of ether oxygens (including phenoxy) is 2. The third kappa shape index (κ3) is 5.10. The van der Waals surface area contributed by atoms with Gasteiger partial charge in [0.05, 0.1) is 11.9 Å². The highest BCUT2D eigenvalue weighted by Crippen LogP contribution is 2.30. The lowest BCUT2D eigenvalue weighted by molar-refractivity contribution is -0.153. The van der Waals surface area contributed by atoms with E-state index in [9.17, 15) is 9.59 Å². The zero-order valence-corrected chi connectivity index (χ0v) is 18.0. The number of nitrogens with zero attached hydrogens (tertiary/aromatic N) is 1. The number of aryl methyl sites for hydroxylation is 1. The average molecular weight is 424 g/mol. The molecular weight excluding hydrogens is 398 g/mol. The first-order valence-corrected chi connectivity index (χ1v) is 9.31. The second-order valence-electron chi connectivity index (χ2n) is 8.39. The molecule has 0 saturated carbocycles. The van der Waals surface area contributed by atoms with Crippen molar-refractivity contribution in [3.8, 4) is 0 Å². The molecule has 0 fully saturated rings. The van der Waals surface area contributed by atoms with Crippen molar-refractivity contribution < 1.29 is 19.1 Å². The number of fused-ring (bicyclic) bond motifs is 1. The molecule has 0 N–H and O–H groups in total. The molecule has 0 unspecified atom stereocenters. The van der Waals surface area contributed by atoms with E-state index in [1.807, 2.05) is 60.6 Å². The van der Waals surface area contributed by atoms with Crippen LogP contribution in [0.5, 0.6) is 0 Å². The van der Waals surface area contributed by atoms with Gasteiger partial charge in [-0.25, -0.2) is 4.79 Å². The van der Waals surface area contributed by atoms with E-state index >= 15 is 0 Å². The fraction of sp³-hybridized carbons (Fsp3) is 0.500. The standard InChI is InChI=1S/C20H26BrNO4/c1-12-8-14(21)10-15-13(9-16(23)25-19(2,3)4)11-22(17(12)15)18(24)26-20(5,6)7/h8,10-11H,9H2,1-7H3. The van der Waals surface area contributed by atoms with Gasteiger partial charge in [-0.2, -0.15) is 0 Å². The molecule has 0 saturated heterocycles. The predicted octanol–water partition coefficient (Wildman–Crippen LogP) is 5.38. The molecule has 26 heavy (non-hydrogen) atoms. The van der Waals surface area contributed by atoms with E-state index in [1.165, 1.54) is 4.57 Å². The molecule has 0 spiro atoms. The normalized spacial score (nSPS) is 12.3. The maximum absolute atomic E-state index is 12.7. The Bertz CT molecular complexity index is 853. The molecular formula is C20H26BrNO4. The van der Waals surface area contributed by atoms with Gasteiger partial charge in [0.2, 0.25) is 0 Å². The lowest BCUT2D eigenvalue weighted by Crippen LogP contribution is -2.27. The number of rotatable bonds is 2.